The highest BCUT2D eigenvalue weighted by atomic mass is 32.2. The first-order valence-electron chi connectivity index (χ1n) is 7.64. The number of carboxylic acids is 1. The second kappa shape index (κ2) is 9.45. The molecule has 0 aromatic heterocycles. The Morgan fingerprint density at radius 3 is 2.30 bits per heavy atom. The molecule has 1 amide bonds. The van der Waals surface area contributed by atoms with Crippen molar-refractivity contribution in [1.82, 2.24) is 5.32 Å². The summed E-state index contributed by atoms with van der Waals surface area (Å²) in [6.07, 6.45) is 1.84. The summed E-state index contributed by atoms with van der Waals surface area (Å²) in [5, 5.41) is 11.8. The van der Waals surface area contributed by atoms with Crippen LogP contribution in [0.25, 0.3) is 0 Å². The van der Waals surface area contributed by atoms with Gasteiger partial charge in [-0.3, -0.25) is 9.59 Å². The molecule has 0 aliphatic rings. The van der Waals surface area contributed by atoms with Crippen LogP contribution >= 0.6 is 11.8 Å². The molecule has 0 bridgehead atoms. The minimum absolute atomic E-state index is 0.117. The van der Waals surface area contributed by atoms with E-state index in [0.29, 0.717) is 12.2 Å². The molecule has 0 radical (unpaired) electrons. The lowest BCUT2D eigenvalue weighted by atomic mass is 9.97. The van der Waals surface area contributed by atoms with E-state index in [9.17, 15) is 14.7 Å². The number of carboxylic acid groups (broad SMARTS) is 1. The van der Waals surface area contributed by atoms with Crippen molar-refractivity contribution in [3.63, 3.8) is 0 Å². The first kappa shape index (κ1) is 19.4. The molecule has 23 heavy (non-hydrogen) atoms. The standard InChI is InChI=1S/C17H25NO4S/c1-11(2)9-13(17(20)21)10-18-16(19)12(3)22-14-5-7-15(23-4)8-6-14/h5-8,11-13H,9-10H2,1-4H3,(H,18,19)(H,20,21). The number of nitrogens with one attached hydrogen (secondary N) is 1. The van der Waals surface area contributed by atoms with Crippen molar-refractivity contribution in [3.8, 4) is 5.75 Å². The van der Waals surface area contributed by atoms with Gasteiger partial charge in [0.25, 0.3) is 5.91 Å². The van der Waals surface area contributed by atoms with Crippen molar-refractivity contribution in [3.05, 3.63) is 24.3 Å². The van der Waals surface area contributed by atoms with E-state index in [1.807, 2.05) is 44.4 Å². The van der Waals surface area contributed by atoms with Gasteiger partial charge in [0.15, 0.2) is 6.10 Å². The van der Waals surface area contributed by atoms with Gasteiger partial charge in [-0.2, -0.15) is 0 Å². The third kappa shape index (κ3) is 6.95. The molecular weight excluding hydrogens is 314 g/mol. The summed E-state index contributed by atoms with van der Waals surface area (Å²) in [7, 11) is 0. The van der Waals surface area contributed by atoms with Crippen molar-refractivity contribution in [2.75, 3.05) is 12.8 Å². The summed E-state index contributed by atoms with van der Waals surface area (Å²) in [6, 6.07) is 7.48. The molecule has 0 saturated heterocycles. The fraction of sp³-hybridized carbons (Fsp3) is 0.529. The van der Waals surface area contributed by atoms with Crippen LogP contribution in [0.1, 0.15) is 27.2 Å². The van der Waals surface area contributed by atoms with Gasteiger partial charge >= 0.3 is 5.97 Å². The van der Waals surface area contributed by atoms with E-state index in [-0.39, 0.29) is 18.4 Å². The average Bonchev–Trinajstić information content (AvgIpc) is 2.51. The van der Waals surface area contributed by atoms with Crippen LogP contribution in [0.4, 0.5) is 0 Å². The van der Waals surface area contributed by atoms with E-state index >= 15 is 0 Å². The zero-order chi connectivity index (χ0) is 17.4. The smallest absolute Gasteiger partial charge is 0.308 e. The normalized spacial score (nSPS) is 13.4. The van der Waals surface area contributed by atoms with Crippen LogP contribution in [-0.2, 0) is 9.59 Å². The number of carbonyl (C=O) groups is 2. The van der Waals surface area contributed by atoms with Gasteiger partial charge in [0.1, 0.15) is 5.75 Å². The van der Waals surface area contributed by atoms with E-state index in [0.717, 1.165) is 4.90 Å². The van der Waals surface area contributed by atoms with Gasteiger partial charge in [-0.05, 0) is 49.8 Å². The maximum absolute atomic E-state index is 12.1. The Kier molecular flexibility index (Phi) is 7.95. The van der Waals surface area contributed by atoms with Crippen molar-refractivity contribution in [2.24, 2.45) is 11.8 Å². The van der Waals surface area contributed by atoms with Crippen LogP contribution in [-0.4, -0.2) is 35.9 Å². The Hall–Kier alpha value is -1.69. The third-order valence-electron chi connectivity index (χ3n) is 3.37. The topological polar surface area (TPSA) is 75.6 Å². The average molecular weight is 339 g/mol. The Morgan fingerprint density at radius 2 is 1.83 bits per heavy atom. The molecule has 1 rings (SSSR count). The molecule has 0 heterocycles. The molecule has 1 aromatic carbocycles. The van der Waals surface area contributed by atoms with Crippen LogP contribution < -0.4 is 10.1 Å². The quantitative estimate of drug-likeness (QED) is 0.676. The summed E-state index contributed by atoms with van der Waals surface area (Å²) in [4.78, 5) is 24.4. The van der Waals surface area contributed by atoms with Gasteiger partial charge < -0.3 is 15.2 Å². The molecule has 0 aliphatic carbocycles. The molecule has 128 valence electrons. The highest BCUT2D eigenvalue weighted by molar-refractivity contribution is 7.98. The molecule has 0 spiro atoms. The predicted molar refractivity (Wildman–Crippen MR) is 91.9 cm³/mol. The number of amides is 1. The summed E-state index contributed by atoms with van der Waals surface area (Å²) in [5.41, 5.74) is 0. The van der Waals surface area contributed by atoms with Gasteiger partial charge in [0.05, 0.1) is 5.92 Å². The number of rotatable bonds is 9. The number of hydrogen-bond acceptors (Lipinski definition) is 4. The molecule has 2 unspecified atom stereocenters. The Bertz CT molecular complexity index is 516. The second-order valence-corrected chi connectivity index (χ2v) is 6.73. The first-order chi connectivity index (χ1) is 10.8. The number of ether oxygens (including phenoxy) is 1. The Balaban J connectivity index is 2.50. The van der Waals surface area contributed by atoms with Crippen LogP contribution in [0, 0.1) is 11.8 Å². The van der Waals surface area contributed by atoms with E-state index in [1.54, 1.807) is 18.7 Å². The highest BCUT2D eigenvalue weighted by Crippen LogP contribution is 2.19. The van der Waals surface area contributed by atoms with Gasteiger partial charge in [0, 0.05) is 11.4 Å². The molecule has 0 saturated carbocycles. The number of carbonyl (C=O) groups excluding carboxylic acids is 1. The molecule has 0 fully saturated rings. The van der Waals surface area contributed by atoms with Gasteiger partial charge in [-0.15, -0.1) is 11.8 Å². The number of thioether (sulfide) groups is 1. The minimum atomic E-state index is -0.889. The van der Waals surface area contributed by atoms with Gasteiger partial charge in [0.2, 0.25) is 0 Å². The summed E-state index contributed by atoms with van der Waals surface area (Å²) >= 11 is 1.63. The highest BCUT2D eigenvalue weighted by Gasteiger charge is 2.22. The molecule has 1 aromatic rings. The number of hydrogen-bond donors (Lipinski definition) is 2. The van der Waals surface area contributed by atoms with Crippen LogP contribution in [0.5, 0.6) is 5.75 Å². The molecular formula is C17H25NO4S. The fourth-order valence-electron chi connectivity index (χ4n) is 2.12. The van der Waals surface area contributed by atoms with Crippen LogP contribution in [0.3, 0.4) is 0 Å². The van der Waals surface area contributed by atoms with Crippen LogP contribution in [0.15, 0.2) is 29.2 Å². The lowest BCUT2D eigenvalue weighted by Gasteiger charge is -2.18. The van der Waals surface area contributed by atoms with E-state index < -0.39 is 18.0 Å². The van der Waals surface area contributed by atoms with Crippen molar-refractivity contribution in [2.45, 2.75) is 38.2 Å². The molecule has 6 heteroatoms. The second-order valence-electron chi connectivity index (χ2n) is 5.85. The zero-order valence-electron chi connectivity index (χ0n) is 14.0. The van der Waals surface area contributed by atoms with E-state index in [2.05, 4.69) is 5.32 Å². The molecule has 0 aliphatic heterocycles. The zero-order valence-corrected chi connectivity index (χ0v) is 14.9. The monoisotopic (exact) mass is 339 g/mol. The molecule has 5 nitrogen and oxygen atoms in total. The van der Waals surface area contributed by atoms with Crippen LogP contribution in [0.2, 0.25) is 0 Å². The number of aliphatic carboxylic acids is 1. The first-order valence-corrected chi connectivity index (χ1v) is 8.87. The summed E-state index contributed by atoms with van der Waals surface area (Å²) in [5.74, 6) is -0.903. The van der Waals surface area contributed by atoms with Crippen molar-refractivity contribution >= 4 is 23.6 Å². The van der Waals surface area contributed by atoms with Crippen molar-refractivity contribution in [1.29, 1.82) is 0 Å². The summed E-state index contributed by atoms with van der Waals surface area (Å²) in [6.45, 7) is 5.69. The van der Waals surface area contributed by atoms with E-state index in [1.165, 1.54) is 0 Å². The molecule has 2 atom stereocenters. The number of benzene rings is 1. The van der Waals surface area contributed by atoms with Gasteiger partial charge in [-0.25, -0.2) is 0 Å². The Labute approximate surface area is 141 Å². The minimum Gasteiger partial charge on any atom is -0.481 e. The largest absolute Gasteiger partial charge is 0.481 e. The SMILES string of the molecule is CSc1ccc(OC(C)C(=O)NCC(CC(C)C)C(=O)O)cc1. The fourth-order valence-corrected chi connectivity index (χ4v) is 2.53. The van der Waals surface area contributed by atoms with E-state index in [4.69, 9.17) is 4.74 Å². The van der Waals surface area contributed by atoms with Crippen molar-refractivity contribution < 1.29 is 19.4 Å². The maximum atomic E-state index is 12.1. The predicted octanol–water partition coefficient (Wildman–Crippen LogP) is 3.04. The summed E-state index contributed by atoms with van der Waals surface area (Å²) < 4.78 is 5.58. The van der Waals surface area contributed by atoms with Gasteiger partial charge in [-0.1, -0.05) is 13.8 Å². The lowest BCUT2D eigenvalue weighted by Crippen LogP contribution is -2.40. The molecule has 2 N–H and O–H groups in total. The Morgan fingerprint density at radius 1 is 1.22 bits per heavy atom. The maximum Gasteiger partial charge on any atom is 0.308 e. The third-order valence-corrected chi connectivity index (χ3v) is 4.11. The lowest BCUT2D eigenvalue weighted by molar-refractivity contribution is -0.142.